The van der Waals surface area contributed by atoms with E-state index in [-0.39, 0.29) is 0 Å². The van der Waals surface area contributed by atoms with Crippen LogP contribution in [-0.2, 0) is 6.54 Å². The average Bonchev–Trinajstić information content (AvgIpc) is 3.24. The number of furan rings is 1. The molecule has 0 aliphatic rings. The van der Waals surface area contributed by atoms with E-state index in [1.807, 2.05) is 6.07 Å². The molecule has 0 spiro atoms. The molecule has 0 unspecified atom stereocenters. The number of aromatic nitrogens is 4. The van der Waals surface area contributed by atoms with Crippen molar-refractivity contribution in [2.24, 2.45) is 0 Å². The minimum atomic E-state index is 0.433. The fourth-order valence-corrected chi connectivity index (χ4v) is 2.09. The lowest BCUT2D eigenvalue weighted by Crippen LogP contribution is -2.02. The lowest BCUT2D eigenvalue weighted by molar-refractivity contribution is 0.411. The number of fused-ring (bicyclic) bond motifs is 1. The van der Waals surface area contributed by atoms with E-state index < -0.39 is 0 Å². The minimum absolute atomic E-state index is 0.433. The average molecular weight is 297 g/mol. The summed E-state index contributed by atoms with van der Waals surface area (Å²) in [5.74, 6) is 2.34. The van der Waals surface area contributed by atoms with Crippen molar-refractivity contribution in [3.8, 4) is 11.5 Å². The number of hydrogen-bond donors (Lipinski definition) is 1. The van der Waals surface area contributed by atoms with Gasteiger partial charge in [0.1, 0.15) is 12.0 Å². The minimum Gasteiger partial charge on any atom is -0.461 e. The van der Waals surface area contributed by atoms with Gasteiger partial charge in [-0.1, -0.05) is 5.16 Å². The Labute approximate surface area is 124 Å². The van der Waals surface area contributed by atoms with Crippen molar-refractivity contribution in [1.29, 1.82) is 0 Å². The molecule has 0 atom stereocenters. The topological polar surface area (TPSA) is 103 Å². The third-order valence-corrected chi connectivity index (χ3v) is 3.06. The lowest BCUT2D eigenvalue weighted by Gasteiger charge is -2.01. The van der Waals surface area contributed by atoms with E-state index in [2.05, 4.69) is 25.4 Å². The fraction of sp³-hybridized carbons (Fsp3) is 0.143. The van der Waals surface area contributed by atoms with Crippen molar-refractivity contribution in [3.63, 3.8) is 0 Å². The molecule has 0 saturated carbocycles. The van der Waals surface area contributed by atoms with Gasteiger partial charge in [0.25, 0.3) is 5.71 Å². The van der Waals surface area contributed by atoms with E-state index in [0.29, 0.717) is 41.0 Å². The maximum Gasteiger partial charge on any atom is 0.252 e. The first-order valence-electron chi connectivity index (χ1n) is 6.61. The van der Waals surface area contributed by atoms with Crippen molar-refractivity contribution >= 4 is 17.0 Å². The summed E-state index contributed by atoms with van der Waals surface area (Å²) < 4.78 is 15.9. The van der Waals surface area contributed by atoms with Gasteiger partial charge in [0, 0.05) is 13.0 Å². The van der Waals surface area contributed by atoms with E-state index in [4.69, 9.17) is 13.4 Å². The van der Waals surface area contributed by atoms with Crippen LogP contribution in [0.15, 0.2) is 44.1 Å². The maximum atomic E-state index is 5.36. The summed E-state index contributed by atoms with van der Waals surface area (Å²) in [6.07, 6.45) is 3.01. The van der Waals surface area contributed by atoms with Crippen molar-refractivity contribution in [3.05, 3.63) is 42.4 Å². The molecule has 1 N–H and O–H groups in total. The zero-order valence-electron chi connectivity index (χ0n) is 11.6. The summed E-state index contributed by atoms with van der Waals surface area (Å²) in [6.45, 7) is 2.20. The summed E-state index contributed by atoms with van der Waals surface area (Å²) in [4.78, 5) is 12.5. The molecule has 8 nitrogen and oxygen atoms in total. The number of aryl methyl sites for hydroxylation is 1. The van der Waals surface area contributed by atoms with Crippen LogP contribution in [0, 0.1) is 6.92 Å². The summed E-state index contributed by atoms with van der Waals surface area (Å²) in [7, 11) is 0. The molecule has 4 aromatic rings. The molecule has 0 aliphatic carbocycles. The molecule has 0 saturated heterocycles. The Hall–Kier alpha value is -3.16. The molecular weight excluding hydrogens is 286 g/mol. The molecule has 0 fully saturated rings. The molecule has 0 aromatic carbocycles. The van der Waals surface area contributed by atoms with Crippen molar-refractivity contribution in [2.45, 2.75) is 13.5 Å². The first-order chi connectivity index (χ1) is 10.8. The van der Waals surface area contributed by atoms with E-state index >= 15 is 0 Å². The van der Waals surface area contributed by atoms with Crippen LogP contribution >= 0.6 is 0 Å². The van der Waals surface area contributed by atoms with Crippen LogP contribution in [0.2, 0.25) is 0 Å². The number of nitrogens with zero attached hydrogens (tertiary/aromatic N) is 4. The number of rotatable bonds is 4. The third kappa shape index (κ3) is 2.20. The Morgan fingerprint density at radius 1 is 1.23 bits per heavy atom. The monoisotopic (exact) mass is 297 g/mol. The van der Waals surface area contributed by atoms with Crippen LogP contribution in [0.25, 0.3) is 22.8 Å². The molecule has 0 amide bonds. The van der Waals surface area contributed by atoms with Gasteiger partial charge in [-0.3, -0.25) is 0 Å². The molecule has 4 heterocycles. The molecule has 4 rings (SSSR count). The summed E-state index contributed by atoms with van der Waals surface area (Å²) >= 11 is 0. The number of nitrogens with one attached hydrogen (secondary N) is 1. The van der Waals surface area contributed by atoms with Crippen molar-refractivity contribution in [1.82, 2.24) is 20.1 Å². The van der Waals surface area contributed by atoms with E-state index in [1.54, 1.807) is 25.3 Å². The van der Waals surface area contributed by atoms with Gasteiger partial charge in [-0.2, -0.15) is 4.98 Å². The zero-order valence-corrected chi connectivity index (χ0v) is 11.6. The summed E-state index contributed by atoms with van der Waals surface area (Å²) in [6, 6.07) is 5.41. The van der Waals surface area contributed by atoms with Gasteiger partial charge >= 0.3 is 0 Å². The van der Waals surface area contributed by atoms with Gasteiger partial charge in [-0.25, -0.2) is 9.97 Å². The van der Waals surface area contributed by atoms with E-state index in [0.717, 1.165) is 5.69 Å². The number of anilines is 1. The van der Waals surface area contributed by atoms with Crippen LogP contribution in [0.5, 0.6) is 0 Å². The Morgan fingerprint density at radius 3 is 3.05 bits per heavy atom. The van der Waals surface area contributed by atoms with Crippen LogP contribution in [0.1, 0.15) is 11.6 Å². The highest BCUT2D eigenvalue weighted by Crippen LogP contribution is 2.22. The Balaban J connectivity index is 1.54. The van der Waals surface area contributed by atoms with Gasteiger partial charge in [0.05, 0.1) is 12.8 Å². The number of oxazole rings is 1. The molecule has 0 bridgehead atoms. The molecule has 22 heavy (non-hydrogen) atoms. The van der Waals surface area contributed by atoms with Crippen molar-refractivity contribution < 1.29 is 13.4 Å². The summed E-state index contributed by atoms with van der Waals surface area (Å²) in [5, 5.41) is 7.14. The molecular formula is C14H11N5O3. The molecule has 4 aromatic heterocycles. The third-order valence-electron chi connectivity index (χ3n) is 3.06. The van der Waals surface area contributed by atoms with E-state index in [9.17, 15) is 0 Å². The SMILES string of the molecule is Cc1nc2c(NCc3cc(-c4ccco4)on3)ncnc2o1. The van der Waals surface area contributed by atoms with Gasteiger partial charge in [-0.05, 0) is 12.1 Å². The van der Waals surface area contributed by atoms with Gasteiger partial charge in [-0.15, -0.1) is 0 Å². The fourth-order valence-electron chi connectivity index (χ4n) is 2.09. The van der Waals surface area contributed by atoms with Gasteiger partial charge < -0.3 is 18.7 Å². The Kier molecular flexibility index (Phi) is 2.85. The van der Waals surface area contributed by atoms with Crippen LogP contribution in [-0.4, -0.2) is 20.1 Å². The van der Waals surface area contributed by atoms with Gasteiger partial charge in [0.2, 0.25) is 5.76 Å². The maximum absolute atomic E-state index is 5.36. The number of hydrogen-bond acceptors (Lipinski definition) is 8. The second kappa shape index (κ2) is 4.99. The standard InChI is InChI=1S/C14H11N5O3/c1-8-18-12-13(16-7-17-14(12)21-8)15-6-9-5-11(22-19-9)10-3-2-4-20-10/h2-5,7H,6H2,1H3,(H,15,16,17). The Morgan fingerprint density at radius 2 is 2.18 bits per heavy atom. The normalized spacial score (nSPS) is 11.1. The lowest BCUT2D eigenvalue weighted by atomic mass is 10.3. The van der Waals surface area contributed by atoms with Crippen LogP contribution in [0.4, 0.5) is 5.82 Å². The second-order valence-corrected chi connectivity index (χ2v) is 4.62. The van der Waals surface area contributed by atoms with Gasteiger partial charge in [0.15, 0.2) is 23.0 Å². The van der Waals surface area contributed by atoms with E-state index in [1.165, 1.54) is 6.33 Å². The first kappa shape index (κ1) is 12.6. The predicted octanol–water partition coefficient (Wildman–Crippen LogP) is 2.79. The highest BCUT2D eigenvalue weighted by Gasteiger charge is 2.12. The van der Waals surface area contributed by atoms with Crippen LogP contribution in [0.3, 0.4) is 0 Å². The zero-order chi connectivity index (χ0) is 14.9. The quantitative estimate of drug-likeness (QED) is 0.613. The molecule has 0 radical (unpaired) electrons. The predicted molar refractivity (Wildman–Crippen MR) is 75.9 cm³/mol. The largest absolute Gasteiger partial charge is 0.461 e. The van der Waals surface area contributed by atoms with Crippen LogP contribution < -0.4 is 5.32 Å². The molecule has 110 valence electrons. The second-order valence-electron chi connectivity index (χ2n) is 4.62. The van der Waals surface area contributed by atoms with Crippen molar-refractivity contribution in [2.75, 3.05) is 5.32 Å². The summed E-state index contributed by atoms with van der Waals surface area (Å²) in [5.41, 5.74) is 1.76. The molecule has 8 heteroatoms. The highest BCUT2D eigenvalue weighted by atomic mass is 16.5. The Bertz CT molecular complexity index is 910. The first-order valence-corrected chi connectivity index (χ1v) is 6.61. The molecule has 0 aliphatic heterocycles. The smallest absolute Gasteiger partial charge is 0.252 e. The highest BCUT2D eigenvalue weighted by molar-refractivity contribution is 5.80.